The molecule has 0 fully saturated rings. The number of rotatable bonds is 5. The monoisotopic (exact) mass is 514 g/mol. The summed E-state index contributed by atoms with van der Waals surface area (Å²) in [6, 6.07) is 14.4. The van der Waals surface area contributed by atoms with Crippen LogP contribution in [0.2, 0.25) is 0 Å². The van der Waals surface area contributed by atoms with Crippen molar-refractivity contribution in [1.29, 1.82) is 0 Å². The van der Waals surface area contributed by atoms with E-state index in [1.807, 2.05) is 23.6 Å². The molecule has 0 saturated carbocycles. The van der Waals surface area contributed by atoms with Gasteiger partial charge in [-0.2, -0.15) is 5.11 Å². The molecule has 0 spiro atoms. The second kappa shape index (κ2) is 9.42. The van der Waals surface area contributed by atoms with E-state index in [0.29, 0.717) is 47.3 Å². The van der Waals surface area contributed by atoms with E-state index < -0.39 is 17.8 Å². The van der Waals surface area contributed by atoms with E-state index in [1.165, 1.54) is 6.07 Å². The van der Waals surface area contributed by atoms with Gasteiger partial charge in [-0.25, -0.2) is 4.39 Å². The summed E-state index contributed by atoms with van der Waals surface area (Å²) in [5, 5.41) is 25.7. The SMILES string of the molecule is CC1CN(C(=O)c2cc(CC3N=NC(=O)c4ccccc43)ccc2F)Cc2nnc(-c3ccc(CO)o3)n21. The summed E-state index contributed by atoms with van der Waals surface area (Å²) in [5.74, 6) is 0.491. The summed E-state index contributed by atoms with van der Waals surface area (Å²) in [7, 11) is 0. The number of hydrogen-bond donors (Lipinski definition) is 1. The highest BCUT2D eigenvalue weighted by Crippen LogP contribution is 2.32. The fourth-order valence-electron chi connectivity index (χ4n) is 5.06. The van der Waals surface area contributed by atoms with Gasteiger partial charge >= 0.3 is 0 Å². The second-order valence-corrected chi connectivity index (χ2v) is 9.41. The number of carbonyl (C=O) groups excluding carboxylic acids is 2. The van der Waals surface area contributed by atoms with Crippen LogP contribution in [-0.4, -0.2) is 43.1 Å². The minimum absolute atomic E-state index is 0.0429. The van der Waals surface area contributed by atoms with E-state index in [4.69, 9.17) is 4.42 Å². The van der Waals surface area contributed by atoms with Crippen LogP contribution < -0.4 is 0 Å². The van der Waals surface area contributed by atoms with Gasteiger partial charge in [0.2, 0.25) is 0 Å². The summed E-state index contributed by atoms with van der Waals surface area (Å²) >= 11 is 0. The predicted octanol–water partition coefficient (Wildman–Crippen LogP) is 4.28. The highest BCUT2D eigenvalue weighted by molar-refractivity contribution is 5.97. The Bertz CT molecular complexity index is 1590. The van der Waals surface area contributed by atoms with Crippen molar-refractivity contribution < 1.29 is 23.5 Å². The molecule has 2 aromatic heterocycles. The van der Waals surface area contributed by atoms with Crippen LogP contribution in [0.3, 0.4) is 0 Å². The Morgan fingerprint density at radius 1 is 1.16 bits per heavy atom. The van der Waals surface area contributed by atoms with E-state index in [0.717, 1.165) is 5.56 Å². The zero-order valence-corrected chi connectivity index (χ0v) is 20.4. The molecule has 6 rings (SSSR count). The maximum Gasteiger partial charge on any atom is 0.295 e. The first-order valence-electron chi connectivity index (χ1n) is 12.2. The number of carbonyl (C=O) groups is 2. The van der Waals surface area contributed by atoms with Crippen LogP contribution >= 0.6 is 0 Å². The van der Waals surface area contributed by atoms with E-state index in [-0.39, 0.29) is 30.7 Å². The van der Waals surface area contributed by atoms with Crippen molar-refractivity contribution in [3.05, 3.63) is 94.3 Å². The molecule has 4 aromatic rings. The second-order valence-electron chi connectivity index (χ2n) is 9.41. The molecule has 0 saturated heterocycles. The number of furan rings is 1. The zero-order valence-electron chi connectivity index (χ0n) is 20.4. The van der Waals surface area contributed by atoms with Crippen molar-refractivity contribution >= 4 is 11.8 Å². The summed E-state index contributed by atoms with van der Waals surface area (Å²) in [5.41, 5.74) is 1.92. The molecular weight excluding hydrogens is 491 g/mol. The first-order valence-corrected chi connectivity index (χ1v) is 12.2. The molecule has 0 bridgehead atoms. The molecule has 2 unspecified atom stereocenters. The van der Waals surface area contributed by atoms with Crippen molar-refractivity contribution in [2.75, 3.05) is 6.54 Å². The number of aliphatic hydroxyl groups is 1. The van der Waals surface area contributed by atoms with Crippen molar-refractivity contribution in [2.45, 2.75) is 38.6 Å². The smallest absolute Gasteiger partial charge is 0.295 e. The molecule has 38 heavy (non-hydrogen) atoms. The number of azo groups is 1. The van der Waals surface area contributed by atoms with E-state index in [9.17, 15) is 19.1 Å². The molecule has 192 valence electrons. The van der Waals surface area contributed by atoms with Crippen molar-refractivity contribution in [3.8, 4) is 11.6 Å². The van der Waals surface area contributed by atoms with Crippen LogP contribution in [0.5, 0.6) is 0 Å². The van der Waals surface area contributed by atoms with Crippen LogP contribution in [-0.2, 0) is 19.6 Å². The van der Waals surface area contributed by atoms with Gasteiger partial charge in [0.25, 0.3) is 11.8 Å². The molecule has 1 N–H and O–H groups in total. The van der Waals surface area contributed by atoms with Gasteiger partial charge in [0.05, 0.1) is 18.2 Å². The quantitative estimate of drug-likeness (QED) is 0.424. The Morgan fingerprint density at radius 3 is 2.82 bits per heavy atom. The molecule has 10 nitrogen and oxygen atoms in total. The summed E-state index contributed by atoms with van der Waals surface area (Å²) in [6.45, 7) is 2.17. The summed E-state index contributed by atoms with van der Waals surface area (Å²) in [4.78, 5) is 27.1. The summed E-state index contributed by atoms with van der Waals surface area (Å²) < 4.78 is 22.4. The molecule has 2 aromatic carbocycles. The maximum absolute atomic E-state index is 14.9. The normalized spacial score (nSPS) is 18.4. The third-order valence-electron chi connectivity index (χ3n) is 6.88. The third kappa shape index (κ3) is 4.10. The van der Waals surface area contributed by atoms with E-state index in [1.54, 1.807) is 41.3 Å². The standard InChI is InChI=1S/C27H23FN6O4/c1-15-12-33(13-24-30-31-25(34(15)24)23-9-7-17(14-35)38-23)27(37)20-10-16(6-8-21(20)28)11-22-18-4-2-3-5-19(18)26(36)32-29-22/h2-10,15,22,35H,11-14H2,1H3. The number of hydrogen-bond acceptors (Lipinski definition) is 7. The van der Waals surface area contributed by atoms with Crippen LogP contribution in [0.4, 0.5) is 4.39 Å². The van der Waals surface area contributed by atoms with Gasteiger partial charge in [-0.15, -0.1) is 15.3 Å². The molecule has 11 heteroatoms. The predicted molar refractivity (Wildman–Crippen MR) is 132 cm³/mol. The lowest BCUT2D eigenvalue weighted by molar-refractivity contribution is 0.0677. The van der Waals surface area contributed by atoms with Crippen molar-refractivity contribution in [3.63, 3.8) is 0 Å². The van der Waals surface area contributed by atoms with E-state index in [2.05, 4.69) is 20.4 Å². The molecule has 2 atom stereocenters. The fourth-order valence-corrected chi connectivity index (χ4v) is 5.06. The van der Waals surface area contributed by atoms with Gasteiger partial charge in [0.1, 0.15) is 24.2 Å². The topological polar surface area (TPSA) is 126 Å². The lowest BCUT2D eigenvalue weighted by Crippen LogP contribution is -2.40. The third-order valence-corrected chi connectivity index (χ3v) is 6.88. The number of halogens is 1. The van der Waals surface area contributed by atoms with Crippen molar-refractivity contribution in [1.82, 2.24) is 19.7 Å². The minimum atomic E-state index is -0.618. The van der Waals surface area contributed by atoms with Gasteiger partial charge in [-0.1, -0.05) is 24.3 Å². The number of aromatic nitrogens is 3. The number of fused-ring (bicyclic) bond motifs is 2. The minimum Gasteiger partial charge on any atom is -0.455 e. The van der Waals surface area contributed by atoms with Gasteiger partial charge in [0, 0.05) is 18.5 Å². The molecule has 2 aliphatic heterocycles. The number of benzene rings is 2. The largest absolute Gasteiger partial charge is 0.455 e. The first-order chi connectivity index (χ1) is 18.4. The average molecular weight is 515 g/mol. The Labute approximate surface area is 216 Å². The van der Waals surface area contributed by atoms with Gasteiger partial charge in [0.15, 0.2) is 17.4 Å². The van der Waals surface area contributed by atoms with Gasteiger partial charge < -0.3 is 19.0 Å². The fraction of sp³-hybridized carbons (Fsp3) is 0.259. The molecule has 4 heterocycles. The van der Waals surface area contributed by atoms with Crippen LogP contribution in [0.25, 0.3) is 11.6 Å². The molecule has 0 aliphatic carbocycles. The molecule has 2 amide bonds. The highest BCUT2D eigenvalue weighted by Gasteiger charge is 2.32. The zero-order chi connectivity index (χ0) is 26.4. The average Bonchev–Trinajstić information content (AvgIpc) is 3.58. The number of aliphatic hydroxyl groups excluding tert-OH is 1. The lowest BCUT2D eigenvalue weighted by atomic mass is 9.93. The van der Waals surface area contributed by atoms with Crippen molar-refractivity contribution in [2.24, 2.45) is 10.2 Å². The molecule has 0 radical (unpaired) electrons. The maximum atomic E-state index is 14.9. The molecule has 2 aliphatic rings. The Morgan fingerprint density at radius 2 is 2.00 bits per heavy atom. The highest BCUT2D eigenvalue weighted by atomic mass is 19.1. The van der Waals surface area contributed by atoms with Crippen LogP contribution in [0, 0.1) is 5.82 Å². The Hall–Kier alpha value is -4.51. The number of amides is 2. The molecular formula is C27H23FN6O4. The van der Waals surface area contributed by atoms with E-state index >= 15 is 0 Å². The van der Waals surface area contributed by atoms with Crippen LogP contribution in [0.15, 0.2) is 69.2 Å². The van der Waals surface area contributed by atoms with Crippen LogP contribution in [0.1, 0.15) is 62.4 Å². The Balaban J connectivity index is 1.24. The number of nitrogens with zero attached hydrogens (tertiary/aromatic N) is 6. The lowest BCUT2D eigenvalue weighted by Gasteiger charge is -2.32. The van der Waals surface area contributed by atoms with Gasteiger partial charge in [-0.3, -0.25) is 9.59 Å². The van der Waals surface area contributed by atoms with Gasteiger partial charge in [-0.05, 0) is 48.4 Å². The Kier molecular flexibility index (Phi) is 5.91. The summed E-state index contributed by atoms with van der Waals surface area (Å²) in [6.07, 6.45) is 0.363. The first kappa shape index (κ1) is 23.9.